The molecule has 0 radical (unpaired) electrons. The molecule has 2 fully saturated rings. The number of aliphatic hydroxyl groups excluding tert-OH is 2. The van der Waals surface area contributed by atoms with Crippen molar-refractivity contribution in [2.24, 2.45) is 0 Å². The topological polar surface area (TPSA) is 72.8 Å². The van der Waals surface area contributed by atoms with Crippen molar-refractivity contribution in [2.45, 2.75) is 63.0 Å². The number of likely N-dealkylation sites (tertiary alicyclic amines) is 1. The molecule has 0 aromatic heterocycles. The fourth-order valence-corrected chi connectivity index (χ4v) is 3.58. The summed E-state index contributed by atoms with van der Waals surface area (Å²) in [6.07, 6.45) is 7.47. The fourth-order valence-electron chi connectivity index (χ4n) is 3.58. The first-order valence-corrected chi connectivity index (χ1v) is 8.01. The fraction of sp³-hybridized carbons (Fsp3) is 0.933. The van der Waals surface area contributed by atoms with Gasteiger partial charge in [0.05, 0.1) is 12.7 Å². The lowest BCUT2D eigenvalue weighted by molar-refractivity contribution is -0.135. The van der Waals surface area contributed by atoms with E-state index < -0.39 is 6.10 Å². The molecule has 20 heavy (non-hydrogen) atoms. The summed E-state index contributed by atoms with van der Waals surface area (Å²) in [7, 11) is 0. The van der Waals surface area contributed by atoms with Gasteiger partial charge in [-0.15, -0.1) is 0 Å². The van der Waals surface area contributed by atoms with Crippen LogP contribution >= 0.6 is 0 Å². The van der Waals surface area contributed by atoms with Crippen molar-refractivity contribution in [3.05, 3.63) is 0 Å². The van der Waals surface area contributed by atoms with Gasteiger partial charge in [-0.3, -0.25) is 9.69 Å². The number of carbonyl (C=O) groups is 1. The average Bonchev–Trinajstić information content (AvgIpc) is 3.02. The van der Waals surface area contributed by atoms with Gasteiger partial charge in [0.25, 0.3) is 0 Å². The maximum absolute atomic E-state index is 12.7. The Morgan fingerprint density at radius 1 is 1.15 bits per heavy atom. The molecular weight excluding hydrogens is 256 g/mol. The number of rotatable bonds is 6. The van der Waals surface area contributed by atoms with Crippen LogP contribution in [0.2, 0.25) is 0 Å². The highest BCUT2D eigenvalue weighted by molar-refractivity contribution is 5.86. The van der Waals surface area contributed by atoms with E-state index in [1.165, 1.54) is 19.3 Å². The lowest BCUT2D eigenvalue weighted by Gasteiger charge is -2.43. The zero-order valence-corrected chi connectivity index (χ0v) is 12.3. The summed E-state index contributed by atoms with van der Waals surface area (Å²) in [6, 6.07) is 0. The summed E-state index contributed by atoms with van der Waals surface area (Å²) in [4.78, 5) is 15.1. The van der Waals surface area contributed by atoms with E-state index in [0.717, 1.165) is 38.8 Å². The molecule has 0 aromatic carbocycles. The van der Waals surface area contributed by atoms with Crippen LogP contribution in [-0.2, 0) is 4.79 Å². The molecule has 1 atom stereocenters. The summed E-state index contributed by atoms with van der Waals surface area (Å²) < 4.78 is 0. The number of nitrogens with one attached hydrogen (secondary N) is 1. The summed E-state index contributed by atoms with van der Waals surface area (Å²) >= 11 is 0. The Labute approximate surface area is 121 Å². The van der Waals surface area contributed by atoms with E-state index in [1.807, 2.05) is 0 Å². The van der Waals surface area contributed by atoms with E-state index in [2.05, 4.69) is 10.2 Å². The van der Waals surface area contributed by atoms with Crippen molar-refractivity contribution < 1.29 is 15.0 Å². The number of hydrogen-bond donors (Lipinski definition) is 3. The van der Waals surface area contributed by atoms with Crippen LogP contribution in [0.25, 0.3) is 0 Å². The van der Waals surface area contributed by atoms with Gasteiger partial charge in [0, 0.05) is 6.54 Å². The maximum atomic E-state index is 12.7. The first-order valence-electron chi connectivity index (χ1n) is 8.01. The van der Waals surface area contributed by atoms with Gasteiger partial charge in [0.1, 0.15) is 5.54 Å². The quantitative estimate of drug-likeness (QED) is 0.669. The normalized spacial score (nSPS) is 24.5. The van der Waals surface area contributed by atoms with Crippen LogP contribution in [0.5, 0.6) is 0 Å². The summed E-state index contributed by atoms with van der Waals surface area (Å²) in [5.41, 5.74) is -0.307. The van der Waals surface area contributed by atoms with Crippen molar-refractivity contribution in [3.63, 3.8) is 0 Å². The number of hydrogen-bond acceptors (Lipinski definition) is 4. The molecule has 2 aliphatic rings. The molecule has 116 valence electrons. The smallest absolute Gasteiger partial charge is 0.240 e. The molecule has 1 heterocycles. The third kappa shape index (κ3) is 3.51. The first-order chi connectivity index (χ1) is 9.69. The molecule has 0 bridgehead atoms. The first kappa shape index (κ1) is 15.7. The minimum atomic E-state index is -0.732. The molecule has 0 spiro atoms. The van der Waals surface area contributed by atoms with E-state index >= 15 is 0 Å². The van der Waals surface area contributed by atoms with Gasteiger partial charge in [-0.2, -0.15) is 0 Å². The SMILES string of the molecule is O=C(NCCC(O)CO)C1(N2CCCC2)CCCCC1. The Kier molecular flexibility index (Phi) is 5.81. The predicted octanol–water partition coefficient (Wildman–Crippen LogP) is 0.645. The molecule has 1 aliphatic heterocycles. The Morgan fingerprint density at radius 3 is 2.40 bits per heavy atom. The second-order valence-corrected chi connectivity index (χ2v) is 6.17. The van der Waals surface area contributed by atoms with Gasteiger partial charge >= 0.3 is 0 Å². The third-order valence-electron chi connectivity index (χ3n) is 4.79. The van der Waals surface area contributed by atoms with Crippen LogP contribution in [0.15, 0.2) is 0 Å². The second-order valence-electron chi connectivity index (χ2n) is 6.17. The van der Waals surface area contributed by atoms with Crippen LogP contribution in [0.1, 0.15) is 51.4 Å². The number of carbonyl (C=O) groups excluding carboxylic acids is 1. The third-order valence-corrected chi connectivity index (χ3v) is 4.79. The highest BCUT2D eigenvalue weighted by Gasteiger charge is 2.45. The highest BCUT2D eigenvalue weighted by atomic mass is 16.3. The van der Waals surface area contributed by atoms with Crippen molar-refractivity contribution in [2.75, 3.05) is 26.2 Å². The molecule has 1 saturated heterocycles. The molecule has 1 saturated carbocycles. The zero-order valence-electron chi connectivity index (χ0n) is 12.3. The lowest BCUT2D eigenvalue weighted by Crippen LogP contribution is -2.59. The van der Waals surface area contributed by atoms with E-state index in [9.17, 15) is 9.90 Å². The van der Waals surface area contributed by atoms with Crippen LogP contribution in [-0.4, -0.2) is 58.9 Å². The molecule has 5 heteroatoms. The van der Waals surface area contributed by atoms with Gasteiger partial charge in [0.15, 0.2) is 0 Å². The Morgan fingerprint density at radius 2 is 1.80 bits per heavy atom. The molecule has 5 nitrogen and oxygen atoms in total. The van der Waals surface area contributed by atoms with E-state index in [4.69, 9.17) is 5.11 Å². The Balaban J connectivity index is 1.93. The molecule has 2 rings (SSSR count). The average molecular weight is 284 g/mol. The van der Waals surface area contributed by atoms with Crippen LogP contribution in [0, 0.1) is 0 Å². The van der Waals surface area contributed by atoms with Crippen molar-refractivity contribution >= 4 is 5.91 Å². The standard InChI is InChI=1S/C15H28N2O3/c18-12-13(19)6-9-16-14(20)15(7-2-1-3-8-15)17-10-4-5-11-17/h13,18-19H,1-12H2,(H,16,20). The monoisotopic (exact) mass is 284 g/mol. The molecule has 3 N–H and O–H groups in total. The summed E-state index contributed by atoms with van der Waals surface area (Å²) in [6.45, 7) is 2.27. The van der Waals surface area contributed by atoms with E-state index in [-0.39, 0.29) is 18.1 Å². The van der Waals surface area contributed by atoms with Crippen molar-refractivity contribution in [1.82, 2.24) is 10.2 Å². The van der Waals surface area contributed by atoms with E-state index in [1.54, 1.807) is 0 Å². The predicted molar refractivity (Wildman–Crippen MR) is 77.3 cm³/mol. The minimum absolute atomic E-state index is 0.129. The van der Waals surface area contributed by atoms with Gasteiger partial charge < -0.3 is 15.5 Å². The molecule has 0 aromatic rings. The van der Waals surface area contributed by atoms with Crippen molar-refractivity contribution in [1.29, 1.82) is 0 Å². The molecule has 1 amide bonds. The minimum Gasteiger partial charge on any atom is -0.394 e. The van der Waals surface area contributed by atoms with Crippen molar-refractivity contribution in [3.8, 4) is 0 Å². The second kappa shape index (κ2) is 7.38. The van der Waals surface area contributed by atoms with Gasteiger partial charge in [0.2, 0.25) is 5.91 Å². The summed E-state index contributed by atoms with van der Waals surface area (Å²) in [5.74, 6) is 0.129. The lowest BCUT2D eigenvalue weighted by atomic mass is 9.79. The van der Waals surface area contributed by atoms with Gasteiger partial charge in [-0.05, 0) is 45.2 Å². The molecule has 1 unspecified atom stereocenters. The molecule has 1 aliphatic carbocycles. The largest absolute Gasteiger partial charge is 0.394 e. The molecular formula is C15H28N2O3. The van der Waals surface area contributed by atoms with E-state index in [0.29, 0.717) is 13.0 Å². The maximum Gasteiger partial charge on any atom is 0.240 e. The van der Waals surface area contributed by atoms with Crippen LogP contribution in [0.4, 0.5) is 0 Å². The Hall–Kier alpha value is -0.650. The summed E-state index contributed by atoms with van der Waals surface area (Å²) in [5, 5.41) is 21.1. The van der Waals surface area contributed by atoms with Gasteiger partial charge in [-0.1, -0.05) is 19.3 Å². The van der Waals surface area contributed by atoms with Crippen LogP contribution < -0.4 is 5.32 Å². The Bertz CT molecular complexity index is 310. The number of amides is 1. The zero-order chi connectivity index (χ0) is 14.4. The van der Waals surface area contributed by atoms with Gasteiger partial charge in [-0.25, -0.2) is 0 Å². The number of nitrogens with zero attached hydrogens (tertiary/aromatic N) is 1. The van der Waals surface area contributed by atoms with Crippen LogP contribution in [0.3, 0.4) is 0 Å². The highest BCUT2D eigenvalue weighted by Crippen LogP contribution is 2.36. The number of aliphatic hydroxyl groups is 2.